The summed E-state index contributed by atoms with van der Waals surface area (Å²) in [5, 5.41) is 9.84. The van der Waals surface area contributed by atoms with Crippen molar-refractivity contribution in [2.75, 3.05) is 7.11 Å². The number of nitro benzene ring substituents is 1. The molecule has 10 heteroatoms. The van der Waals surface area contributed by atoms with E-state index in [2.05, 4.69) is 4.84 Å². The van der Waals surface area contributed by atoms with Crippen LogP contribution in [0.2, 0.25) is 10.0 Å². The SMILES string of the molecule is CONS(=O)(=O)c1ccc(Cl)c([N+](=O)[O-])c1Cl. The maximum Gasteiger partial charge on any atom is 0.307 e. The molecule has 0 saturated heterocycles. The zero-order valence-corrected chi connectivity index (χ0v) is 10.6. The Kier molecular flexibility index (Phi) is 4.28. The number of sulfonamides is 1. The van der Waals surface area contributed by atoms with Crippen LogP contribution in [-0.4, -0.2) is 20.5 Å². The molecular weight excluding hydrogens is 295 g/mol. The molecule has 0 atom stereocenters. The summed E-state index contributed by atoms with van der Waals surface area (Å²) in [4.78, 5) is 15.3. The molecule has 0 heterocycles. The first-order valence-corrected chi connectivity index (χ1v) is 6.22. The van der Waals surface area contributed by atoms with Gasteiger partial charge in [0, 0.05) is 0 Å². The molecule has 0 amide bonds. The third kappa shape index (κ3) is 2.85. The van der Waals surface area contributed by atoms with Gasteiger partial charge in [-0.15, -0.1) is 0 Å². The van der Waals surface area contributed by atoms with E-state index in [4.69, 9.17) is 23.2 Å². The number of hydrogen-bond acceptors (Lipinski definition) is 5. The first-order chi connectivity index (χ1) is 7.81. The number of benzene rings is 1. The topological polar surface area (TPSA) is 98.5 Å². The first kappa shape index (κ1) is 14.1. The van der Waals surface area contributed by atoms with Gasteiger partial charge in [0.15, 0.2) is 0 Å². The second-order valence-electron chi connectivity index (χ2n) is 2.76. The maximum atomic E-state index is 11.6. The Balaban J connectivity index is 3.49. The van der Waals surface area contributed by atoms with Crippen LogP contribution in [0.5, 0.6) is 0 Å². The van der Waals surface area contributed by atoms with E-state index in [0.29, 0.717) is 0 Å². The summed E-state index contributed by atoms with van der Waals surface area (Å²) >= 11 is 11.2. The highest BCUT2D eigenvalue weighted by Crippen LogP contribution is 2.36. The van der Waals surface area contributed by atoms with Crippen molar-refractivity contribution in [2.24, 2.45) is 0 Å². The van der Waals surface area contributed by atoms with Crippen molar-refractivity contribution >= 4 is 38.9 Å². The first-order valence-electron chi connectivity index (χ1n) is 3.98. The molecule has 0 aliphatic heterocycles. The third-order valence-corrected chi connectivity index (χ3v) is 3.80. The Bertz CT molecular complexity index is 560. The Morgan fingerprint density at radius 2 is 2.00 bits per heavy atom. The number of rotatable bonds is 4. The van der Waals surface area contributed by atoms with Gasteiger partial charge in [-0.05, 0) is 12.1 Å². The smallest absolute Gasteiger partial charge is 0.290 e. The highest BCUT2D eigenvalue weighted by atomic mass is 35.5. The van der Waals surface area contributed by atoms with Gasteiger partial charge in [-0.25, -0.2) is 8.42 Å². The summed E-state index contributed by atoms with van der Waals surface area (Å²) in [6, 6.07) is 2.11. The van der Waals surface area contributed by atoms with Crippen LogP contribution in [-0.2, 0) is 14.9 Å². The Labute approximate surface area is 106 Å². The van der Waals surface area contributed by atoms with Crippen LogP contribution in [0.4, 0.5) is 5.69 Å². The minimum atomic E-state index is -4.08. The molecule has 0 unspecified atom stereocenters. The normalized spacial score (nSPS) is 11.5. The number of hydrogen-bond donors (Lipinski definition) is 1. The van der Waals surface area contributed by atoms with Crippen molar-refractivity contribution in [3.8, 4) is 0 Å². The molecule has 0 radical (unpaired) electrons. The van der Waals surface area contributed by atoms with Crippen LogP contribution in [0.3, 0.4) is 0 Å². The monoisotopic (exact) mass is 300 g/mol. The van der Waals surface area contributed by atoms with E-state index >= 15 is 0 Å². The van der Waals surface area contributed by atoms with Gasteiger partial charge in [0.25, 0.3) is 10.0 Å². The van der Waals surface area contributed by atoms with Crippen molar-refractivity contribution in [3.63, 3.8) is 0 Å². The van der Waals surface area contributed by atoms with Gasteiger partial charge < -0.3 is 0 Å². The van der Waals surface area contributed by atoms with Gasteiger partial charge in [-0.1, -0.05) is 28.1 Å². The highest BCUT2D eigenvalue weighted by molar-refractivity contribution is 7.89. The quantitative estimate of drug-likeness (QED) is 0.674. The highest BCUT2D eigenvalue weighted by Gasteiger charge is 2.27. The summed E-state index contributed by atoms with van der Waals surface area (Å²) in [7, 11) is -3.00. The lowest BCUT2D eigenvalue weighted by atomic mass is 10.3. The van der Waals surface area contributed by atoms with Crippen molar-refractivity contribution in [1.82, 2.24) is 4.89 Å². The predicted molar refractivity (Wildman–Crippen MR) is 60.4 cm³/mol. The Hall–Kier alpha value is -0.930. The number of halogens is 2. The molecule has 1 aromatic rings. The molecule has 1 rings (SSSR count). The van der Waals surface area contributed by atoms with Gasteiger partial charge in [-0.3, -0.25) is 15.0 Å². The Morgan fingerprint density at radius 1 is 1.41 bits per heavy atom. The van der Waals surface area contributed by atoms with Gasteiger partial charge in [-0.2, -0.15) is 0 Å². The summed E-state index contributed by atoms with van der Waals surface area (Å²) in [6.45, 7) is 0. The summed E-state index contributed by atoms with van der Waals surface area (Å²) < 4.78 is 23.1. The molecular formula is C7H6Cl2N2O5S. The van der Waals surface area contributed by atoms with Crippen LogP contribution in [0, 0.1) is 10.1 Å². The summed E-state index contributed by atoms with van der Waals surface area (Å²) in [5.41, 5.74) is -0.674. The zero-order chi connectivity index (χ0) is 13.2. The van der Waals surface area contributed by atoms with Crippen molar-refractivity contribution in [1.29, 1.82) is 0 Å². The lowest BCUT2D eigenvalue weighted by molar-refractivity contribution is -0.384. The minimum Gasteiger partial charge on any atom is -0.290 e. The van der Waals surface area contributed by atoms with Crippen LogP contribution in [0.15, 0.2) is 17.0 Å². The molecule has 0 spiro atoms. The molecule has 17 heavy (non-hydrogen) atoms. The number of nitrogens with one attached hydrogen (secondary N) is 1. The van der Waals surface area contributed by atoms with E-state index in [-0.39, 0.29) is 5.02 Å². The van der Waals surface area contributed by atoms with Gasteiger partial charge in [0.05, 0.1) is 12.0 Å². The van der Waals surface area contributed by atoms with E-state index in [9.17, 15) is 18.5 Å². The molecule has 7 nitrogen and oxygen atoms in total. The van der Waals surface area contributed by atoms with E-state index < -0.39 is 30.6 Å². The number of nitrogens with zero attached hydrogens (tertiary/aromatic N) is 1. The lowest BCUT2D eigenvalue weighted by Crippen LogP contribution is -2.22. The van der Waals surface area contributed by atoms with Gasteiger partial charge >= 0.3 is 5.69 Å². The van der Waals surface area contributed by atoms with Gasteiger partial charge in [0.2, 0.25) is 0 Å². The predicted octanol–water partition coefficient (Wildman–Crippen LogP) is 1.74. The molecule has 0 fully saturated rings. The largest absolute Gasteiger partial charge is 0.307 e. The molecule has 94 valence electrons. The molecule has 0 saturated carbocycles. The standard InChI is InChI=1S/C7H6Cl2N2O5S/c1-16-10-17(14,15)5-3-2-4(8)7(6(5)9)11(12)13/h2-3,10H,1H3. The fraction of sp³-hybridized carbons (Fsp3) is 0.143. The molecule has 1 N–H and O–H groups in total. The second kappa shape index (κ2) is 5.15. The lowest BCUT2D eigenvalue weighted by Gasteiger charge is -2.07. The van der Waals surface area contributed by atoms with E-state index in [0.717, 1.165) is 19.2 Å². The van der Waals surface area contributed by atoms with Crippen molar-refractivity contribution in [2.45, 2.75) is 4.90 Å². The molecule has 0 aromatic heterocycles. The number of nitro groups is 1. The molecule has 0 aliphatic rings. The van der Waals surface area contributed by atoms with Crippen molar-refractivity contribution in [3.05, 3.63) is 32.3 Å². The van der Waals surface area contributed by atoms with E-state index in [1.165, 1.54) is 0 Å². The summed E-state index contributed by atoms with van der Waals surface area (Å²) in [6.07, 6.45) is 0. The summed E-state index contributed by atoms with van der Waals surface area (Å²) in [5.74, 6) is 0. The van der Waals surface area contributed by atoms with Gasteiger partial charge in [0.1, 0.15) is 14.9 Å². The van der Waals surface area contributed by atoms with E-state index in [1.54, 1.807) is 4.89 Å². The maximum absolute atomic E-state index is 11.6. The average molecular weight is 301 g/mol. The molecule has 0 aliphatic carbocycles. The second-order valence-corrected chi connectivity index (χ2v) is 5.15. The Morgan fingerprint density at radius 3 is 2.47 bits per heavy atom. The fourth-order valence-corrected chi connectivity index (χ4v) is 2.75. The van der Waals surface area contributed by atoms with Crippen LogP contribution in [0.25, 0.3) is 0 Å². The molecule has 0 bridgehead atoms. The molecule has 1 aromatic carbocycles. The van der Waals surface area contributed by atoms with E-state index in [1.807, 2.05) is 0 Å². The van der Waals surface area contributed by atoms with Crippen LogP contribution < -0.4 is 4.89 Å². The van der Waals surface area contributed by atoms with Crippen LogP contribution in [0.1, 0.15) is 0 Å². The minimum absolute atomic E-state index is 0.253. The fourth-order valence-electron chi connectivity index (χ4n) is 1.05. The average Bonchev–Trinajstić information content (AvgIpc) is 2.15. The van der Waals surface area contributed by atoms with Crippen molar-refractivity contribution < 1.29 is 18.2 Å². The van der Waals surface area contributed by atoms with Crippen LogP contribution >= 0.6 is 23.2 Å². The third-order valence-electron chi connectivity index (χ3n) is 1.70. The zero-order valence-electron chi connectivity index (χ0n) is 8.31.